The second kappa shape index (κ2) is 4.87. The number of rotatable bonds is 3. The molecule has 1 saturated carbocycles. The van der Waals surface area contributed by atoms with Gasteiger partial charge < -0.3 is 5.11 Å². The summed E-state index contributed by atoms with van der Waals surface area (Å²) in [7, 11) is 1.98. The van der Waals surface area contributed by atoms with Gasteiger partial charge in [0.15, 0.2) is 0 Å². The highest BCUT2D eigenvalue weighted by atomic mass is 16.4. The third kappa shape index (κ3) is 1.89. The third-order valence-electron chi connectivity index (χ3n) is 7.04. The van der Waals surface area contributed by atoms with Gasteiger partial charge in [-0.1, -0.05) is 32.9 Å². The van der Waals surface area contributed by atoms with Crippen LogP contribution >= 0.6 is 0 Å². The van der Waals surface area contributed by atoms with Crippen molar-refractivity contribution in [3.8, 4) is 0 Å². The minimum Gasteiger partial charge on any atom is -0.478 e. The lowest BCUT2D eigenvalue weighted by atomic mass is 9.70. The van der Waals surface area contributed by atoms with E-state index in [4.69, 9.17) is 5.11 Å². The molecule has 1 fully saturated rings. The van der Waals surface area contributed by atoms with Crippen molar-refractivity contribution in [2.24, 2.45) is 12.5 Å². The Bertz CT molecular complexity index is 933. The lowest BCUT2D eigenvalue weighted by Gasteiger charge is -2.36. The fourth-order valence-corrected chi connectivity index (χ4v) is 5.17. The summed E-state index contributed by atoms with van der Waals surface area (Å²) in [6, 6.07) is 6.75. The van der Waals surface area contributed by atoms with Crippen LogP contribution in [0.15, 0.2) is 29.1 Å². The predicted octanol–water partition coefficient (Wildman–Crippen LogP) is 3.11. The van der Waals surface area contributed by atoms with E-state index in [9.17, 15) is 9.59 Å². The predicted molar refractivity (Wildman–Crippen MR) is 95.3 cm³/mol. The molecule has 5 heteroatoms. The van der Waals surface area contributed by atoms with Crippen LogP contribution in [0.5, 0.6) is 0 Å². The van der Waals surface area contributed by atoms with E-state index in [1.807, 2.05) is 11.7 Å². The number of aromatic carboxylic acids is 1. The number of hydrogen-bond donors (Lipinski definition) is 1. The van der Waals surface area contributed by atoms with Crippen LogP contribution in [-0.2, 0) is 19.0 Å². The molecule has 0 unspecified atom stereocenters. The van der Waals surface area contributed by atoms with E-state index in [0.29, 0.717) is 12.5 Å². The second-order valence-electron chi connectivity index (χ2n) is 8.30. The number of aromatic nitrogens is 2. The Morgan fingerprint density at radius 3 is 2.44 bits per heavy atom. The molecule has 2 aliphatic carbocycles. The molecule has 0 spiro atoms. The van der Waals surface area contributed by atoms with Crippen LogP contribution in [0, 0.1) is 5.41 Å². The van der Waals surface area contributed by atoms with Crippen molar-refractivity contribution < 1.29 is 9.90 Å². The molecule has 1 heterocycles. The number of hydrogen-bond acceptors (Lipinski definition) is 2. The highest BCUT2D eigenvalue weighted by molar-refractivity contribution is 5.87. The van der Waals surface area contributed by atoms with Crippen molar-refractivity contribution in [3.63, 3.8) is 0 Å². The van der Waals surface area contributed by atoms with Crippen LogP contribution in [0.25, 0.3) is 0 Å². The molecule has 0 aliphatic heterocycles. The number of nitrogens with zero attached hydrogens (tertiary/aromatic N) is 2. The van der Waals surface area contributed by atoms with Crippen LogP contribution in [0.1, 0.15) is 66.7 Å². The fraction of sp³-hybridized carbons (Fsp3) is 0.500. The molecule has 2 bridgehead atoms. The highest BCUT2D eigenvalue weighted by Crippen LogP contribution is 2.66. The molecule has 25 heavy (non-hydrogen) atoms. The topological polar surface area (TPSA) is 64.2 Å². The number of benzene rings is 1. The lowest BCUT2D eigenvalue weighted by Crippen LogP contribution is -2.35. The zero-order valence-electron chi connectivity index (χ0n) is 15.2. The van der Waals surface area contributed by atoms with Crippen molar-refractivity contribution in [2.75, 3.05) is 0 Å². The Hall–Kier alpha value is -2.30. The summed E-state index contributed by atoms with van der Waals surface area (Å²) >= 11 is 0. The van der Waals surface area contributed by atoms with Gasteiger partial charge in [0, 0.05) is 18.0 Å². The van der Waals surface area contributed by atoms with Gasteiger partial charge in [0.1, 0.15) is 0 Å². The van der Waals surface area contributed by atoms with Gasteiger partial charge in [-0.2, -0.15) is 0 Å². The molecular weight excluding hydrogens is 316 g/mol. The summed E-state index contributed by atoms with van der Waals surface area (Å²) in [6.45, 7) is 7.34. The van der Waals surface area contributed by atoms with Crippen LogP contribution < -0.4 is 5.56 Å². The molecule has 1 aromatic heterocycles. The smallest absolute Gasteiger partial charge is 0.335 e. The fourth-order valence-electron chi connectivity index (χ4n) is 5.17. The zero-order chi connectivity index (χ0) is 18.1. The normalized spacial score (nSPS) is 26.0. The first-order chi connectivity index (χ1) is 11.7. The molecule has 2 atom stereocenters. The van der Waals surface area contributed by atoms with Crippen LogP contribution in [0.2, 0.25) is 0 Å². The molecule has 2 aromatic rings. The number of carboxylic acids is 1. The summed E-state index contributed by atoms with van der Waals surface area (Å²) in [5.41, 5.74) is 3.67. The SMILES string of the molecule is Cn1c2c(c(=O)n1Cc1ccc(C(=O)O)cc1)[C@H]1CC[C@]2(C)C1(C)C. The Labute approximate surface area is 146 Å². The van der Waals surface area contributed by atoms with Crippen LogP contribution in [0.4, 0.5) is 0 Å². The average Bonchev–Trinajstić information content (AvgIpc) is 3.01. The van der Waals surface area contributed by atoms with Gasteiger partial charge in [0.05, 0.1) is 17.8 Å². The lowest BCUT2D eigenvalue weighted by molar-refractivity contribution is 0.0697. The highest BCUT2D eigenvalue weighted by Gasteiger charge is 2.62. The van der Waals surface area contributed by atoms with Crippen molar-refractivity contribution in [2.45, 2.75) is 51.5 Å². The van der Waals surface area contributed by atoms with Gasteiger partial charge in [0.25, 0.3) is 5.56 Å². The molecule has 0 amide bonds. The maximum Gasteiger partial charge on any atom is 0.335 e. The molecule has 1 N–H and O–H groups in total. The van der Waals surface area contributed by atoms with E-state index in [1.165, 1.54) is 5.69 Å². The van der Waals surface area contributed by atoms with Gasteiger partial charge in [-0.05, 0) is 41.9 Å². The van der Waals surface area contributed by atoms with Gasteiger partial charge in [0.2, 0.25) is 0 Å². The Kier molecular flexibility index (Phi) is 3.15. The van der Waals surface area contributed by atoms with Crippen molar-refractivity contribution in [1.29, 1.82) is 0 Å². The van der Waals surface area contributed by atoms with Crippen LogP contribution in [0.3, 0.4) is 0 Å². The number of carbonyl (C=O) groups is 1. The Balaban J connectivity index is 1.77. The summed E-state index contributed by atoms with van der Waals surface area (Å²) < 4.78 is 3.84. The minimum absolute atomic E-state index is 0.0410. The maximum atomic E-state index is 13.1. The zero-order valence-corrected chi connectivity index (χ0v) is 15.2. The first kappa shape index (κ1) is 16.2. The van der Waals surface area contributed by atoms with Gasteiger partial charge >= 0.3 is 5.97 Å². The minimum atomic E-state index is -0.937. The average molecular weight is 340 g/mol. The second-order valence-corrected chi connectivity index (χ2v) is 8.30. The van der Waals surface area contributed by atoms with Crippen molar-refractivity contribution in [3.05, 3.63) is 57.0 Å². The van der Waals surface area contributed by atoms with Crippen molar-refractivity contribution in [1.82, 2.24) is 9.36 Å². The molecule has 2 aliphatic rings. The molecule has 0 radical (unpaired) electrons. The van der Waals surface area contributed by atoms with Crippen molar-refractivity contribution >= 4 is 5.97 Å². The standard InChI is InChI=1S/C20H24N2O3/c1-19(2)14-9-10-20(19,3)16-15(14)17(23)22(21(16)4)11-12-5-7-13(8-6-12)18(24)25/h5-8,14H,9-11H2,1-4H3,(H,24,25)/t14-,20+/m1/s1. The summed E-state index contributed by atoms with van der Waals surface area (Å²) in [5, 5.41) is 9.02. The van der Waals surface area contributed by atoms with E-state index in [1.54, 1.807) is 28.9 Å². The van der Waals surface area contributed by atoms with E-state index in [2.05, 4.69) is 20.8 Å². The van der Waals surface area contributed by atoms with E-state index in [0.717, 1.165) is 24.0 Å². The van der Waals surface area contributed by atoms with E-state index in [-0.39, 0.29) is 22.0 Å². The molecule has 0 saturated heterocycles. The van der Waals surface area contributed by atoms with Gasteiger partial charge in [-0.15, -0.1) is 0 Å². The molecule has 5 nitrogen and oxygen atoms in total. The van der Waals surface area contributed by atoms with Gasteiger partial charge in [-0.3, -0.25) is 9.48 Å². The maximum absolute atomic E-state index is 13.1. The number of fused-ring (bicyclic) bond motifs is 5. The molecule has 4 rings (SSSR count). The summed E-state index contributed by atoms with van der Waals surface area (Å²) in [6.07, 6.45) is 2.21. The first-order valence-corrected chi connectivity index (χ1v) is 8.81. The van der Waals surface area contributed by atoms with E-state index < -0.39 is 5.97 Å². The monoisotopic (exact) mass is 340 g/mol. The first-order valence-electron chi connectivity index (χ1n) is 8.81. The van der Waals surface area contributed by atoms with Gasteiger partial charge in [-0.25, -0.2) is 9.48 Å². The quantitative estimate of drug-likeness (QED) is 0.934. The van der Waals surface area contributed by atoms with E-state index >= 15 is 0 Å². The molecular formula is C20H24N2O3. The third-order valence-corrected chi connectivity index (χ3v) is 7.04. The Morgan fingerprint density at radius 2 is 1.88 bits per heavy atom. The summed E-state index contributed by atoms with van der Waals surface area (Å²) in [5.74, 6) is -0.602. The largest absolute Gasteiger partial charge is 0.478 e. The number of carboxylic acid groups (broad SMARTS) is 1. The molecule has 1 aromatic carbocycles. The van der Waals surface area contributed by atoms with Crippen LogP contribution in [-0.4, -0.2) is 20.4 Å². The Morgan fingerprint density at radius 1 is 1.24 bits per heavy atom. The molecule has 132 valence electrons. The summed E-state index contributed by atoms with van der Waals surface area (Å²) in [4.78, 5) is 24.1.